The van der Waals surface area contributed by atoms with Gasteiger partial charge in [0.2, 0.25) is 10.0 Å². The third kappa shape index (κ3) is 3.82. The quantitative estimate of drug-likeness (QED) is 0.614. The van der Waals surface area contributed by atoms with Crippen LogP contribution in [0.3, 0.4) is 0 Å². The van der Waals surface area contributed by atoms with E-state index in [1.54, 1.807) is 19.1 Å². The molecule has 0 saturated heterocycles. The van der Waals surface area contributed by atoms with E-state index in [2.05, 4.69) is 4.72 Å². The van der Waals surface area contributed by atoms with E-state index in [1.807, 2.05) is 0 Å². The molecule has 23 heavy (non-hydrogen) atoms. The number of sulfonamides is 1. The second-order valence-corrected chi connectivity index (χ2v) is 7.55. The number of hydrogen-bond donors (Lipinski definition) is 2. The van der Waals surface area contributed by atoms with E-state index in [1.165, 1.54) is 6.92 Å². The van der Waals surface area contributed by atoms with Gasteiger partial charge in [0.15, 0.2) is 4.90 Å². The van der Waals surface area contributed by atoms with Crippen LogP contribution in [0.4, 0.5) is 5.69 Å². The van der Waals surface area contributed by atoms with Gasteiger partial charge in [0.25, 0.3) is 5.69 Å². The van der Waals surface area contributed by atoms with Crippen molar-refractivity contribution in [2.45, 2.75) is 50.0 Å². The Hall–Kier alpha value is -1.22. The Labute approximate surface area is 142 Å². The molecule has 0 bridgehead atoms. The summed E-state index contributed by atoms with van der Waals surface area (Å²) >= 11 is 0. The summed E-state index contributed by atoms with van der Waals surface area (Å²) in [4.78, 5) is 10.4. The summed E-state index contributed by atoms with van der Waals surface area (Å²) in [7, 11) is -4.01. The molecule has 0 heterocycles. The van der Waals surface area contributed by atoms with Gasteiger partial charge in [-0.1, -0.05) is 25.0 Å². The Kier molecular flexibility index (Phi) is 6.14. The van der Waals surface area contributed by atoms with E-state index in [0.29, 0.717) is 24.0 Å². The molecule has 1 aliphatic rings. The van der Waals surface area contributed by atoms with Gasteiger partial charge in [-0.25, -0.2) is 13.1 Å². The topological polar surface area (TPSA) is 115 Å². The molecule has 0 radical (unpaired) electrons. The van der Waals surface area contributed by atoms with Crippen LogP contribution in [0.2, 0.25) is 0 Å². The van der Waals surface area contributed by atoms with Crippen molar-refractivity contribution in [1.82, 2.24) is 4.72 Å². The first-order valence-corrected chi connectivity index (χ1v) is 8.69. The zero-order chi connectivity index (χ0) is 16.5. The predicted octanol–water partition coefficient (Wildman–Crippen LogP) is 2.18. The van der Waals surface area contributed by atoms with Crippen molar-refractivity contribution in [2.24, 2.45) is 5.73 Å². The lowest BCUT2D eigenvalue weighted by Crippen LogP contribution is -2.51. The van der Waals surface area contributed by atoms with Crippen molar-refractivity contribution >= 4 is 28.1 Å². The largest absolute Gasteiger partial charge is 0.329 e. The summed E-state index contributed by atoms with van der Waals surface area (Å²) in [6.07, 6.45) is 3.10. The van der Waals surface area contributed by atoms with Crippen molar-refractivity contribution in [1.29, 1.82) is 0 Å². The van der Waals surface area contributed by atoms with Gasteiger partial charge in [0, 0.05) is 17.6 Å². The Morgan fingerprint density at radius 3 is 2.26 bits per heavy atom. The molecule has 1 aromatic rings. The lowest BCUT2D eigenvalue weighted by molar-refractivity contribution is -0.388. The number of nitrogens with zero attached hydrogens (tertiary/aromatic N) is 1. The van der Waals surface area contributed by atoms with Crippen LogP contribution in [0.25, 0.3) is 0 Å². The molecule has 0 aliphatic heterocycles. The van der Waals surface area contributed by atoms with Gasteiger partial charge in [-0.15, -0.1) is 12.4 Å². The molecule has 0 amide bonds. The maximum absolute atomic E-state index is 12.8. The predicted molar refractivity (Wildman–Crippen MR) is 90.4 cm³/mol. The minimum absolute atomic E-state index is 0. The SMILES string of the molecule is Cc1ccc(C)c(S(=O)(=O)NC2(CN)CCCC2)c1[N+](=O)[O-].Cl. The molecule has 1 saturated carbocycles. The van der Waals surface area contributed by atoms with Crippen molar-refractivity contribution in [3.8, 4) is 0 Å². The molecule has 130 valence electrons. The Balaban J connectivity index is 0.00000264. The van der Waals surface area contributed by atoms with Crippen LogP contribution < -0.4 is 10.5 Å². The maximum Gasteiger partial charge on any atom is 0.292 e. The van der Waals surface area contributed by atoms with E-state index in [9.17, 15) is 18.5 Å². The van der Waals surface area contributed by atoms with E-state index >= 15 is 0 Å². The van der Waals surface area contributed by atoms with E-state index in [4.69, 9.17) is 5.73 Å². The molecule has 0 unspecified atom stereocenters. The molecule has 1 fully saturated rings. The Bertz CT molecular complexity index is 700. The summed E-state index contributed by atoms with van der Waals surface area (Å²) in [5, 5.41) is 11.3. The van der Waals surface area contributed by atoms with Gasteiger partial charge in [-0.05, 0) is 32.3 Å². The Morgan fingerprint density at radius 1 is 1.26 bits per heavy atom. The lowest BCUT2D eigenvalue weighted by Gasteiger charge is -2.28. The number of nitrogens with two attached hydrogens (primary N) is 1. The van der Waals surface area contributed by atoms with Gasteiger partial charge < -0.3 is 5.73 Å². The highest BCUT2D eigenvalue weighted by molar-refractivity contribution is 7.89. The first-order valence-electron chi connectivity index (χ1n) is 7.21. The molecule has 2 rings (SSSR count). The zero-order valence-electron chi connectivity index (χ0n) is 13.2. The van der Waals surface area contributed by atoms with Crippen LogP contribution in [0.15, 0.2) is 17.0 Å². The highest BCUT2D eigenvalue weighted by Gasteiger charge is 2.40. The maximum atomic E-state index is 12.8. The van der Waals surface area contributed by atoms with Crippen LogP contribution in [-0.4, -0.2) is 25.4 Å². The third-order valence-electron chi connectivity index (χ3n) is 4.28. The van der Waals surface area contributed by atoms with Crippen LogP contribution in [-0.2, 0) is 10.0 Å². The van der Waals surface area contributed by atoms with Gasteiger partial charge in [0.05, 0.1) is 4.92 Å². The average Bonchev–Trinajstić information content (AvgIpc) is 2.88. The number of halogens is 1. The molecule has 3 N–H and O–H groups in total. The highest BCUT2D eigenvalue weighted by Crippen LogP contribution is 2.34. The lowest BCUT2D eigenvalue weighted by atomic mass is 10.0. The molecule has 0 atom stereocenters. The number of nitro groups is 1. The third-order valence-corrected chi connectivity index (χ3v) is 6.04. The fourth-order valence-corrected chi connectivity index (χ4v) is 5.01. The first-order chi connectivity index (χ1) is 10.2. The number of benzene rings is 1. The number of nitrogens with one attached hydrogen (secondary N) is 1. The van der Waals surface area contributed by atoms with E-state index in [0.717, 1.165) is 12.8 Å². The Morgan fingerprint density at radius 2 is 1.78 bits per heavy atom. The van der Waals surface area contributed by atoms with Crippen molar-refractivity contribution in [3.05, 3.63) is 33.4 Å². The molecular weight excluding hydrogens is 342 g/mol. The van der Waals surface area contributed by atoms with Crippen molar-refractivity contribution < 1.29 is 13.3 Å². The number of aryl methyl sites for hydroxylation is 2. The molecule has 9 heteroatoms. The second-order valence-electron chi connectivity index (χ2n) is 5.93. The minimum Gasteiger partial charge on any atom is -0.329 e. The standard InChI is InChI=1S/C14H21N3O4S.ClH/c1-10-5-6-11(2)13(12(10)17(18)19)22(20,21)16-14(9-15)7-3-4-8-14;/h5-6,16H,3-4,7-9,15H2,1-2H3;1H. The van der Waals surface area contributed by atoms with Crippen LogP contribution in [0, 0.1) is 24.0 Å². The number of nitro benzene ring substituents is 1. The van der Waals surface area contributed by atoms with Crippen molar-refractivity contribution in [2.75, 3.05) is 6.54 Å². The number of hydrogen-bond acceptors (Lipinski definition) is 5. The smallest absolute Gasteiger partial charge is 0.292 e. The summed E-state index contributed by atoms with van der Waals surface area (Å²) in [6, 6.07) is 3.14. The van der Waals surface area contributed by atoms with E-state index < -0.39 is 20.5 Å². The second kappa shape index (κ2) is 7.12. The molecule has 1 aromatic carbocycles. The summed E-state index contributed by atoms with van der Waals surface area (Å²) in [5.41, 5.74) is 5.38. The number of rotatable bonds is 5. The monoisotopic (exact) mass is 363 g/mol. The summed E-state index contributed by atoms with van der Waals surface area (Å²) in [5.74, 6) is 0. The van der Waals surface area contributed by atoms with Crippen LogP contribution in [0.1, 0.15) is 36.8 Å². The summed E-state index contributed by atoms with van der Waals surface area (Å²) < 4.78 is 28.2. The molecule has 0 spiro atoms. The molecule has 0 aromatic heterocycles. The van der Waals surface area contributed by atoms with Crippen LogP contribution in [0.5, 0.6) is 0 Å². The van der Waals surface area contributed by atoms with Gasteiger partial charge in [-0.3, -0.25) is 10.1 Å². The normalized spacial score (nSPS) is 16.8. The molecular formula is C14H22ClN3O4S. The van der Waals surface area contributed by atoms with Crippen LogP contribution >= 0.6 is 12.4 Å². The average molecular weight is 364 g/mol. The first kappa shape index (κ1) is 19.8. The fourth-order valence-electron chi connectivity index (χ4n) is 3.07. The van der Waals surface area contributed by atoms with Gasteiger partial charge >= 0.3 is 0 Å². The van der Waals surface area contributed by atoms with Gasteiger partial charge in [0.1, 0.15) is 0 Å². The summed E-state index contributed by atoms with van der Waals surface area (Å²) in [6.45, 7) is 3.28. The zero-order valence-corrected chi connectivity index (χ0v) is 14.8. The van der Waals surface area contributed by atoms with Crippen molar-refractivity contribution in [3.63, 3.8) is 0 Å². The highest BCUT2D eigenvalue weighted by atomic mass is 35.5. The minimum atomic E-state index is -4.01. The molecule has 7 nitrogen and oxygen atoms in total. The van der Waals surface area contributed by atoms with E-state index in [-0.39, 0.29) is 29.5 Å². The fraction of sp³-hybridized carbons (Fsp3) is 0.571. The molecule has 1 aliphatic carbocycles. The van der Waals surface area contributed by atoms with Gasteiger partial charge in [-0.2, -0.15) is 0 Å².